The van der Waals surface area contributed by atoms with Gasteiger partial charge in [0.15, 0.2) is 5.76 Å². The van der Waals surface area contributed by atoms with Crippen molar-refractivity contribution in [1.82, 2.24) is 10.2 Å². The van der Waals surface area contributed by atoms with E-state index in [4.69, 9.17) is 4.42 Å². The molecule has 0 bridgehead atoms. The molecule has 1 aromatic heterocycles. The van der Waals surface area contributed by atoms with Crippen molar-refractivity contribution in [2.24, 2.45) is 0 Å². The predicted molar refractivity (Wildman–Crippen MR) is 117 cm³/mol. The number of hydrogen-bond donors (Lipinski definition) is 1. The van der Waals surface area contributed by atoms with Gasteiger partial charge in [0, 0.05) is 17.5 Å². The summed E-state index contributed by atoms with van der Waals surface area (Å²) in [5, 5.41) is 4.16. The number of aryl methyl sites for hydroxylation is 3. The molecule has 4 nitrogen and oxygen atoms in total. The summed E-state index contributed by atoms with van der Waals surface area (Å²) in [5.74, 6) is 0.289. The van der Waals surface area contributed by atoms with Crippen LogP contribution < -0.4 is 5.32 Å². The molecule has 1 aliphatic rings. The average Bonchev–Trinajstić information content (AvgIpc) is 3.06. The topological polar surface area (TPSA) is 45.5 Å². The number of hydrogen-bond acceptors (Lipinski definition) is 3. The number of furan rings is 1. The lowest BCUT2D eigenvalue weighted by Crippen LogP contribution is -2.40. The third-order valence-corrected chi connectivity index (χ3v) is 6.05. The van der Waals surface area contributed by atoms with Crippen molar-refractivity contribution in [1.29, 1.82) is 0 Å². The van der Waals surface area contributed by atoms with Crippen molar-refractivity contribution in [3.8, 4) is 0 Å². The number of nitrogens with zero attached hydrogens (tertiary/aromatic N) is 1. The van der Waals surface area contributed by atoms with Gasteiger partial charge in [0.1, 0.15) is 5.58 Å². The molecular formula is C25H30N2O2. The standard InChI is InChI=1S/C25H30N2O2/c1-17-7-10-20(11-8-17)22(27-13-5-4-6-14-27)16-26-25(28)24-19(3)21-12-9-18(2)15-23(21)29-24/h7-12,15,22H,4-6,13-14,16H2,1-3H3,(H,26,28)/t22-/m0/s1. The second-order valence-corrected chi connectivity index (χ2v) is 8.29. The Morgan fingerprint density at radius 2 is 1.69 bits per heavy atom. The lowest BCUT2D eigenvalue weighted by atomic mass is 10.0. The zero-order chi connectivity index (χ0) is 20.4. The van der Waals surface area contributed by atoms with Crippen molar-refractivity contribution in [3.63, 3.8) is 0 Å². The Balaban J connectivity index is 1.54. The van der Waals surface area contributed by atoms with E-state index in [1.807, 2.05) is 26.0 Å². The Morgan fingerprint density at radius 1 is 1.00 bits per heavy atom. The Morgan fingerprint density at radius 3 is 2.41 bits per heavy atom. The molecule has 2 heterocycles. The molecule has 4 heteroatoms. The fourth-order valence-electron chi connectivity index (χ4n) is 4.30. The normalized spacial score (nSPS) is 16.1. The van der Waals surface area contributed by atoms with Gasteiger partial charge in [-0.15, -0.1) is 0 Å². The highest BCUT2D eigenvalue weighted by molar-refractivity contribution is 5.99. The Hall–Kier alpha value is -2.59. The molecule has 1 saturated heterocycles. The summed E-state index contributed by atoms with van der Waals surface area (Å²) in [5.41, 5.74) is 5.32. The summed E-state index contributed by atoms with van der Waals surface area (Å²) in [4.78, 5) is 15.5. The minimum absolute atomic E-state index is 0.134. The summed E-state index contributed by atoms with van der Waals surface area (Å²) in [6.07, 6.45) is 3.73. The van der Waals surface area contributed by atoms with Crippen LogP contribution >= 0.6 is 0 Å². The molecule has 0 unspecified atom stereocenters. The van der Waals surface area contributed by atoms with E-state index in [-0.39, 0.29) is 11.9 Å². The predicted octanol–water partition coefficient (Wildman–Crippen LogP) is 5.32. The van der Waals surface area contributed by atoms with Crippen LogP contribution in [0.1, 0.15) is 58.1 Å². The molecule has 0 aliphatic carbocycles. The summed E-state index contributed by atoms with van der Waals surface area (Å²) in [6, 6.07) is 14.9. The van der Waals surface area contributed by atoms with Crippen LogP contribution in [-0.2, 0) is 0 Å². The first-order chi connectivity index (χ1) is 14.0. The van der Waals surface area contributed by atoms with Gasteiger partial charge in [-0.1, -0.05) is 48.4 Å². The molecule has 1 fully saturated rings. The molecule has 3 aromatic rings. The van der Waals surface area contributed by atoms with E-state index in [2.05, 4.69) is 47.5 Å². The number of carbonyl (C=O) groups is 1. The summed E-state index contributed by atoms with van der Waals surface area (Å²) >= 11 is 0. The molecule has 1 atom stereocenters. The molecule has 0 radical (unpaired) electrons. The van der Waals surface area contributed by atoms with Crippen LogP contribution in [-0.4, -0.2) is 30.4 Å². The van der Waals surface area contributed by atoms with E-state index in [1.54, 1.807) is 0 Å². The summed E-state index contributed by atoms with van der Waals surface area (Å²) in [7, 11) is 0. The smallest absolute Gasteiger partial charge is 0.287 e. The zero-order valence-corrected chi connectivity index (χ0v) is 17.6. The highest BCUT2D eigenvalue weighted by atomic mass is 16.3. The number of benzene rings is 2. The third kappa shape index (κ3) is 4.23. The van der Waals surface area contributed by atoms with Crippen LogP contribution in [0.4, 0.5) is 0 Å². The molecule has 152 valence electrons. The number of likely N-dealkylation sites (tertiary alicyclic amines) is 1. The number of rotatable bonds is 5. The Kier molecular flexibility index (Phi) is 5.72. The lowest BCUT2D eigenvalue weighted by molar-refractivity contribution is 0.0898. The monoisotopic (exact) mass is 390 g/mol. The van der Waals surface area contributed by atoms with E-state index < -0.39 is 0 Å². The number of carbonyl (C=O) groups excluding carboxylic acids is 1. The summed E-state index contributed by atoms with van der Waals surface area (Å²) in [6.45, 7) is 8.83. The highest BCUT2D eigenvalue weighted by Gasteiger charge is 2.24. The molecule has 2 aromatic carbocycles. The fourth-order valence-corrected chi connectivity index (χ4v) is 4.30. The molecule has 29 heavy (non-hydrogen) atoms. The largest absolute Gasteiger partial charge is 0.451 e. The maximum atomic E-state index is 13.0. The van der Waals surface area contributed by atoms with Crippen LogP contribution in [0.15, 0.2) is 46.9 Å². The van der Waals surface area contributed by atoms with E-state index in [1.165, 1.54) is 30.4 Å². The number of amides is 1. The molecule has 4 rings (SSSR count). The molecule has 1 aliphatic heterocycles. The molecule has 0 saturated carbocycles. The molecular weight excluding hydrogens is 360 g/mol. The third-order valence-electron chi connectivity index (χ3n) is 6.05. The van der Waals surface area contributed by atoms with Gasteiger partial charge >= 0.3 is 0 Å². The minimum atomic E-state index is -0.134. The van der Waals surface area contributed by atoms with Crippen LogP contribution in [0.25, 0.3) is 11.0 Å². The molecule has 1 amide bonds. The minimum Gasteiger partial charge on any atom is -0.451 e. The number of fused-ring (bicyclic) bond motifs is 1. The number of piperidine rings is 1. The first-order valence-electron chi connectivity index (χ1n) is 10.6. The van der Waals surface area contributed by atoms with Crippen molar-refractivity contribution in [2.45, 2.75) is 46.1 Å². The second-order valence-electron chi connectivity index (χ2n) is 8.29. The Bertz CT molecular complexity index is 998. The SMILES string of the molecule is Cc1ccc([C@H](CNC(=O)c2oc3cc(C)ccc3c2C)N2CCCCC2)cc1. The van der Waals surface area contributed by atoms with Crippen molar-refractivity contribution in [3.05, 3.63) is 70.5 Å². The van der Waals surface area contributed by atoms with Gasteiger partial charge < -0.3 is 9.73 Å². The van der Waals surface area contributed by atoms with Gasteiger partial charge in [-0.3, -0.25) is 9.69 Å². The van der Waals surface area contributed by atoms with Crippen LogP contribution in [0, 0.1) is 20.8 Å². The first kappa shape index (κ1) is 19.7. The molecule has 0 spiro atoms. The van der Waals surface area contributed by atoms with Crippen LogP contribution in [0.5, 0.6) is 0 Å². The maximum absolute atomic E-state index is 13.0. The van der Waals surface area contributed by atoms with Crippen molar-refractivity contribution in [2.75, 3.05) is 19.6 Å². The lowest BCUT2D eigenvalue weighted by Gasteiger charge is -2.35. The Labute approximate surface area is 172 Å². The van der Waals surface area contributed by atoms with Crippen LogP contribution in [0.2, 0.25) is 0 Å². The zero-order valence-electron chi connectivity index (χ0n) is 17.6. The van der Waals surface area contributed by atoms with Crippen molar-refractivity contribution >= 4 is 16.9 Å². The van der Waals surface area contributed by atoms with Gasteiger partial charge in [-0.2, -0.15) is 0 Å². The van der Waals surface area contributed by atoms with Gasteiger partial charge in [0.25, 0.3) is 5.91 Å². The van der Waals surface area contributed by atoms with Gasteiger partial charge in [-0.25, -0.2) is 0 Å². The molecule has 1 N–H and O–H groups in total. The van der Waals surface area contributed by atoms with E-state index in [0.717, 1.165) is 35.2 Å². The van der Waals surface area contributed by atoms with Crippen LogP contribution in [0.3, 0.4) is 0 Å². The first-order valence-corrected chi connectivity index (χ1v) is 10.6. The van der Waals surface area contributed by atoms with E-state index in [9.17, 15) is 4.79 Å². The van der Waals surface area contributed by atoms with Gasteiger partial charge in [-0.05, 0) is 63.9 Å². The average molecular weight is 391 g/mol. The second kappa shape index (κ2) is 8.42. The highest BCUT2D eigenvalue weighted by Crippen LogP contribution is 2.27. The summed E-state index contributed by atoms with van der Waals surface area (Å²) < 4.78 is 5.92. The maximum Gasteiger partial charge on any atom is 0.287 e. The number of nitrogens with one attached hydrogen (secondary N) is 1. The van der Waals surface area contributed by atoms with Crippen molar-refractivity contribution < 1.29 is 9.21 Å². The van der Waals surface area contributed by atoms with Gasteiger partial charge in [0.2, 0.25) is 0 Å². The quantitative estimate of drug-likeness (QED) is 0.642. The van der Waals surface area contributed by atoms with Gasteiger partial charge in [0.05, 0.1) is 6.04 Å². The fraction of sp³-hybridized carbons (Fsp3) is 0.400. The van der Waals surface area contributed by atoms with E-state index >= 15 is 0 Å². The van der Waals surface area contributed by atoms with E-state index in [0.29, 0.717) is 12.3 Å².